The Morgan fingerprint density at radius 2 is 2.00 bits per heavy atom. The van der Waals surface area contributed by atoms with Crippen LogP contribution in [-0.2, 0) is 9.53 Å². The zero-order chi connectivity index (χ0) is 15.4. The molecule has 110 valence electrons. The molecular formula is C18H16N2O2. The van der Waals surface area contributed by atoms with Crippen LogP contribution in [0.4, 0.5) is 0 Å². The third-order valence-electron chi connectivity index (χ3n) is 3.40. The predicted molar refractivity (Wildman–Crippen MR) is 86.2 cm³/mol. The first kappa shape index (κ1) is 14.1. The van der Waals surface area contributed by atoms with Crippen molar-refractivity contribution in [3.63, 3.8) is 0 Å². The molecule has 1 aromatic heterocycles. The van der Waals surface area contributed by atoms with E-state index in [0.717, 1.165) is 27.6 Å². The molecule has 4 nitrogen and oxygen atoms in total. The topological polar surface area (TPSA) is 55.0 Å². The molecule has 0 unspecified atom stereocenters. The van der Waals surface area contributed by atoms with Gasteiger partial charge in [-0.1, -0.05) is 48.5 Å². The summed E-state index contributed by atoms with van der Waals surface area (Å²) in [6.07, 6.45) is 3.31. The van der Waals surface area contributed by atoms with Crippen LogP contribution in [-0.4, -0.2) is 22.8 Å². The standard InChI is InChI=1S/C18H16N2O2/c1-2-22-17(21)11-16(13-7-4-3-5-8-13)15-10-6-9-14-12-19-20-18(14)15/h3-12H,2H2,1H3,(H,19,20)/b16-11+. The molecule has 0 spiro atoms. The lowest BCUT2D eigenvalue weighted by atomic mass is 9.96. The number of hydrogen-bond donors (Lipinski definition) is 1. The minimum absolute atomic E-state index is 0.349. The van der Waals surface area contributed by atoms with Crippen LogP contribution in [0.25, 0.3) is 16.5 Å². The molecule has 0 fully saturated rings. The number of carbonyl (C=O) groups excluding carboxylic acids is 1. The Kier molecular flexibility index (Phi) is 4.01. The molecule has 0 saturated heterocycles. The zero-order valence-electron chi connectivity index (χ0n) is 12.2. The van der Waals surface area contributed by atoms with Gasteiger partial charge in [0.2, 0.25) is 0 Å². The molecule has 0 amide bonds. The van der Waals surface area contributed by atoms with E-state index in [1.54, 1.807) is 13.1 Å². The Bertz CT molecular complexity index is 819. The SMILES string of the molecule is CCOC(=O)/C=C(\c1ccccc1)c1cccc2cn[nH]c12. The average Bonchev–Trinajstić information content (AvgIpc) is 3.02. The summed E-state index contributed by atoms with van der Waals surface area (Å²) in [4.78, 5) is 12.0. The first-order valence-electron chi connectivity index (χ1n) is 7.16. The van der Waals surface area contributed by atoms with Crippen LogP contribution >= 0.6 is 0 Å². The lowest BCUT2D eigenvalue weighted by Crippen LogP contribution is -2.02. The zero-order valence-corrected chi connectivity index (χ0v) is 12.2. The first-order valence-corrected chi connectivity index (χ1v) is 7.16. The lowest BCUT2D eigenvalue weighted by molar-refractivity contribution is -0.137. The molecule has 0 radical (unpaired) electrons. The van der Waals surface area contributed by atoms with E-state index in [-0.39, 0.29) is 5.97 Å². The number of nitrogens with one attached hydrogen (secondary N) is 1. The van der Waals surface area contributed by atoms with Gasteiger partial charge < -0.3 is 4.74 Å². The highest BCUT2D eigenvalue weighted by Crippen LogP contribution is 2.28. The average molecular weight is 292 g/mol. The number of rotatable bonds is 4. The Labute approximate surface area is 128 Å². The summed E-state index contributed by atoms with van der Waals surface area (Å²) in [6, 6.07) is 15.7. The lowest BCUT2D eigenvalue weighted by Gasteiger charge is -2.09. The van der Waals surface area contributed by atoms with Crippen LogP contribution in [0, 0.1) is 0 Å². The molecule has 1 N–H and O–H groups in total. The number of nitrogens with zero attached hydrogens (tertiary/aromatic N) is 1. The summed E-state index contributed by atoms with van der Waals surface area (Å²) >= 11 is 0. The van der Waals surface area contributed by atoms with Crippen molar-refractivity contribution in [2.24, 2.45) is 0 Å². The number of hydrogen-bond acceptors (Lipinski definition) is 3. The van der Waals surface area contributed by atoms with Gasteiger partial charge in [0.15, 0.2) is 0 Å². The minimum atomic E-state index is -0.349. The fourth-order valence-electron chi connectivity index (χ4n) is 2.43. The maximum absolute atomic E-state index is 12.0. The first-order chi connectivity index (χ1) is 10.8. The van der Waals surface area contributed by atoms with Gasteiger partial charge in [-0.15, -0.1) is 0 Å². The van der Waals surface area contributed by atoms with Crippen molar-refractivity contribution in [1.82, 2.24) is 10.2 Å². The fraction of sp³-hybridized carbons (Fsp3) is 0.111. The smallest absolute Gasteiger partial charge is 0.331 e. The Balaban J connectivity index is 2.17. The van der Waals surface area contributed by atoms with Gasteiger partial charge in [-0.3, -0.25) is 5.10 Å². The van der Waals surface area contributed by atoms with Gasteiger partial charge >= 0.3 is 5.97 Å². The Hall–Kier alpha value is -2.88. The summed E-state index contributed by atoms with van der Waals surface area (Å²) < 4.78 is 5.07. The van der Waals surface area contributed by atoms with Gasteiger partial charge in [0.25, 0.3) is 0 Å². The molecule has 0 aliphatic carbocycles. The Morgan fingerprint density at radius 1 is 1.18 bits per heavy atom. The van der Waals surface area contributed by atoms with Crippen molar-refractivity contribution < 1.29 is 9.53 Å². The number of fused-ring (bicyclic) bond motifs is 1. The van der Waals surface area contributed by atoms with Crippen LogP contribution in [0.3, 0.4) is 0 Å². The van der Waals surface area contributed by atoms with Gasteiger partial charge in [0.1, 0.15) is 0 Å². The second kappa shape index (κ2) is 6.26. The molecule has 22 heavy (non-hydrogen) atoms. The van der Waals surface area contributed by atoms with E-state index in [2.05, 4.69) is 10.2 Å². The van der Waals surface area contributed by atoms with Gasteiger partial charge in [0.05, 0.1) is 18.3 Å². The highest BCUT2D eigenvalue weighted by atomic mass is 16.5. The van der Waals surface area contributed by atoms with Crippen LogP contribution in [0.1, 0.15) is 18.1 Å². The minimum Gasteiger partial charge on any atom is -0.463 e. The number of carbonyl (C=O) groups is 1. The van der Waals surface area contributed by atoms with Crippen molar-refractivity contribution in [2.75, 3.05) is 6.61 Å². The van der Waals surface area contributed by atoms with E-state index in [9.17, 15) is 4.79 Å². The number of para-hydroxylation sites is 1. The largest absolute Gasteiger partial charge is 0.463 e. The van der Waals surface area contributed by atoms with Gasteiger partial charge in [-0.25, -0.2) is 4.79 Å². The number of aromatic amines is 1. The summed E-state index contributed by atoms with van der Waals surface area (Å²) in [5.41, 5.74) is 3.60. The molecule has 1 heterocycles. The number of benzene rings is 2. The monoisotopic (exact) mass is 292 g/mol. The summed E-state index contributed by atoms with van der Waals surface area (Å²) in [7, 11) is 0. The number of aromatic nitrogens is 2. The third kappa shape index (κ3) is 2.76. The molecule has 3 aromatic rings. The van der Waals surface area contributed by atoms with Gasteiger partial charge in [-0.05, 0) is 18.1 Å². The third-order valence-corrected chi connectivity index (χ3v) is 3.40. The summed E-state index contributed by atoms with van der Waals surface area (Å²) in [5, 5.41) is 8.09. The normalized spacial score (nSPS) is 11.6. The highest BCUT2D eigenvalue weighted by Gasteiger charge is 2.12. The number of H-pyrrole nitrogens is 1. The molecule has 3 rings (SSSR count). The molecule has 0 bridgehead atoms. The molecule has 2 aromatic carbocycles. The van der Waals surface area contributed by atoms with Gasteiger partial charge in [-0.2, -0.15) is 5.10 Å². The number of ether oxygens (including phenoxy) is 1. The van der Waals surface area contributed by atoms with E-state index >= 15 is 0 Å². The van der Waals surface area contributed by atoms with Crippen molar-refractivity contribution in [3.05, 3.63) is 71.9 Å². The summed E-state index contributed by atoms with van der Waals surface area (Å²) in [6.45, 7) is 2.15. The second-order valence-corrected chi connectivity index (χ2v) is 4.82. The van der Waals surface area contributed by atoms with Crippen LogP contribution in [0.5, 0.6) is 0 Å². The molecule has 0 saturated carbocycles. The molecular weight excluding hydrogens is 276 g/mol. The van der Waals surface area contributed by atoms with Crippen molar-refractivity contribution in [2.45, 2.75) is 6.92 Å². The van der Waals surface area contributed by atoms with Crippen LogP contribution in [0.15, 0.2) is 60.8 Å². The molecule has 4 heteroatoms. The molecule has 0 aliphatic heterocycles. The maximum Gasteiger partial charge on any atom is 0.331 e. The van der Waals surface area contributed by atoms with Crippen LogP contribution in [0.2, 0.25) is 0 Å². The highest BCUT2D eigenvalue weighted by molar-refractivity contribution is 6.02. The predicted octanol–water partition coefficient (Wildman–Crippen LogP) is 3.56. The maximum atomic E-state index is 12.0. The van der Waals surface area contributed by atoms with Crippen molar-refractivity contribution >= 4 is 22.4 Å². The van der Waals surface area contributed by atoms with Crippen molar-refractivity contribution in [3.8, 4) is 0 Å². The van der Waals surface area contributed by atoms with Crippen molar-refractivity contribution in [1.29, 1.82) is 0 Å². The van der Waals surface area contributed by atoms with E-state index in [0.29, 0.717) is 6.61 Å². The Morgan fingerprint density at radius 3 is 2.77 bits per heavy atom. The van der Waals surface area contributed by atoms with E-state index < -0.39 is 0 Å². The quantitative estimate of drug-likeness (QED) is 0.591. The summed E-state index contributed by atoms with van der Waals surface area (Å²) in [5.74, 6) is -0.349. The fourth-order valence-corrected chi connectivity index (χ4v) is 2.43. The number of esters is 1. The molecule has 0 atom stereocenters. The van der Waals surface area contributed by atoms with E-state index in [4.69, 9.17) is 4.74 Å². The molecule has 0 aliphatic rings. The second-order valence-electron chi connectivity index (χ2n) is 4.82. The van der Waals surface area contributed by atoms with E-state index in [1.165, 1.54) is 6.08 Å². The van der Waals surface area contributed by atoms with Gasteiger partial charge in [0, 0.05) is 17.0 Å². The van der Waals surface area contributed by atoms with E-state index in [1.807, 2.05) is 48.5 Å². The van der Waals surface area contributed by atoms with Crippen LogP contribution < -0.4 is 0 Å².